The molecule has 1 aromatic heterocycles. The number of aromatic nitrogens is 1. The van der Waals surface area contributed by atoms with Crippen LogP contribution in [-0.4, -0.2) is 91.6 Å². The molecule has 2 saturated heterocycles. The number of rotatable bonds is 6. The molecule has 3 amide bonds. The second kappa shape index (κ2) is 9.89. The third-order valence-corrected chi connectivity index (χ3v) is 7.61. The number of fused-ring (bicyclic) bond motifs is 1. The number of carbonyl (C=O) groups is 4. The average molecular weight is 511 g/mol. The van der Waals surface area contributed by atoms with E-state index in [0.717, 1.165) is 35.5 Å². The molecule has 4 heterocycles. The molecule has 0 bridgehead atoms. The minimum Gasteiger partial charge on any atom is -0.477 e. The zero-order chi connectivity index (χ0) is 24.4. The van der Waals surface area contributed by atoms with Crippen LogP contribution in [-0.2, 0) is 19.1 Å². The molecule has 0 radical (unpaired) electrons. The fraction of sp³-hybridized carbons (Fsp3) is 0.474. The summed E-state index contributed by atoms with van der Waals surface area (Å²) in [7, 11) is 0. The molecule has 15 heteroatoms. The van der Waals surface area contributed by atoms with Gasteiger partial charge in [0.15, 0.2) is 10.8 Å². The second-order valence-corrected chi connectivity index (χ2v) is 9.73. The number of nitrogens with zero attached hydrogens (tertiary/aromatic N) is 4. The molecule has 182 valence electrons. The van der Waals surface area contributed by atoms with Crippen LogP contribution in [0, 0.1) is 0 Å². The summed E-state index contributed by atoms with van der Waals surface area (Å²) < 4.78 is 5.32. The normalized spacial score (nSPS) is 22.7. The van der Waals surface area contributed by atoms with Gasteiger partial charge in [-0.2, -0.15) is 0 Å². The number of aliphatic carboxylic acids is 1. The number of thioether (sulfide) groups is 1. The number of likely N-dealkylation sites (tertiary alicyclic amines) is 1. The Hall–Kier alpha value is -3.33. The third kappa shape index (κ3) is 4.52. The molecule has 1 unspecified atom stereocenters. The Labute approximate surface area is 201 Å². The van der Waals surface area contributed by atoms with Gasteiger partial charge in [0, 0.05) is 29.8 Å². The van der Waals surface area contributed by atoms with Crippen LogP contribution in [0.4, 0.5) is 9.93 Å². The summed E-state index contributed by atoms with van der Waals surface area (Å²) in [6.07, 6.45) is 2.32. The van der Waals surface area contributed by atoms with Crippen molar-refractivity contribution >= 4 is 57.8 Å². The Kier molecular flexibility index (Phi) is 6.92. The second-order valence-electron chi connectivity index (χ2n) is 7.74. The fourth-order valence-corrected chi connectivity index (χ4v) is 5.80. The molecule has 0 aliphatic carbocycles. The van der Waals surface area contributed by atoms with Crippen LogP contribution in [0.25, 0.3) is 0 Å². The van der Waals surface area contributed by atoms with Gasteiger partial charge in [0.25, 0.3) is 11.8 Å². The van der Waals surface area contributed by atoms with Gasteiger partial charge in [0.1, 0.15) is 29.4 Å². The number of nitrogen functional groups attached to an aromatic ring is 1. The summed E-state index contributed by atoms with van der Waals surface area (Å²) in [5.74, 6) is -2.63. The first kappa shape index (κ1) is 23.8. The summed E-state index contributed by atoms with van der Waals surface area (Å²) in [5.41, 5.74) is 5.22. The first-order valence-electron chi connectivity index (χ1n) is 10.4. The highest BCUT2D eigenvalue weighted by Gasteiger charge is 2.54. The van der Waals surface area contributed by atoms with Crippen molar-refractivity contribution in [2.24, 2.45) is 5.16 Å². The van der Waals surface area contributed by atoms with Gasteiger partial charge in [0.2, 0.25) is 0 Å². The lowest BCUT2D eigenvalue weighted by molar-refractivity contribution is -0.150. The smallest absolute Gasteiger partial charge is 0.410 e. The highest BCUT2D eigenvalue weighted by atomic mass is 32.2. The zero-order valence-electron chi connectivity index (χ0n) is 17.8. The molecule has 13 nitrogen and oxygen atoms in total. The predicted octanol–water partition coefficient (Wildman–Crippen LogP) is 0.265. The van der Waals surface area contributed by atoms with Crippen molar-refractivity contribution in [3.8, 4) is 0 Å². The monoisotopic (exact) mass is 510 g/mol. The highest BCUT2D eigenvalue weighted by molar-refractivity contribution is 8.00. The minimum atomic E-state index is -1.33. The zero-order valence-corrected chi connectivity index (χ0v) is 19.4. The number of carboxylic acids is 1. The maximum atomic E-state index is 12.8. The van der Waals surface area contributed by atoms with Gasteiger partial charge in [-0.15, -0.1) is 23.1 Å². The molecule has 1 aromatic rings. The maximum Gasteiger partial charge on any atom is 0.410 e. The number of carbonyl (C=O) groups excluding carboxylic acids is 3. The van der Waals surface area contributed by atoms with Gasteiger partial charge >= 0.3 is 12.1 Å². The molecule has 0 aromatic carbocycles. The van der Waals surface area contributed by atoms with Crippen LogP contribution >= 0.6 is 23.1 Å². The first-order chi connectivity index (χ1) is 16.3. The number of nitrogens with one attached hydrogen (secondary N) is 1. The summed E-state index contributed by atoms with van der Waals surface area (Å²) >= 11 is 2.28. The maximum absolute atomic E-state index is 12.8. The van der Waals surface area contributed by atoms with E-state index in [-0.39, 0.29) is 28.9 Å². The molecule has 0 saturated carbocycles. The van der Waals surface area contributed by atoms with Gasteiger partial charge in [-0.1, -0.05) is 5.16 Å². The summed E-state index contributed by atoms with van der Waals surface area (Å²) in [6, 6.07) is -1.03. The van der Waals surface area contributed by atoms with Crippen LogP contribution in [0.2, 0.25) is 0 Å². The fourth-order valence-electron chi connectivity index (χ4n) is 3.93. The summed E-state index contributed by atoms with van der Waals surface area (Å²) in [5, 5.41) is 25.3. The average Bonchev–Trinajstić information content (AvgIpc) is 3.26. The van der Waals surface area contributed by atoms with Crippen molar-refractivity contribution in [3.05, 3.63) is 22.3 Å². The van der Waals surface area contributed by atoms with E-state index in [0.29, 0.717) is 18.7 Å². The molecule has 3 aliphatic rings. The topological polar surface area (TPSA) is 188 Å². The van der Waals surface area contributed by atoms with Gasteiger partial charge in [-0.05, 0) is 19.3 Å². The van der Waals surface area contributed by atoms with Crippen molar-refractivity contribution in [2.75, 3.05) is 31.2 Å². The Morgan fingerprint density at radius 2 is 2.03 bits per heavy atom. The van der Waals surface area contributed by atoms with Crippen LogP contribution in [0.1, 0.15) is 25.0 Å². The van der Waals surface area contributed by atoms with Gasteiger partial charge in [0.05, 0.1) is 0 Å². The van der Waals surface area contributed by atoms with E-state index in [1.54, 1.807) is 4.90 Å². The standard InChI is InChI=1S/C19H22N6O7S2/c20-18-21-10(8-34-18)11(23-31)14(26)22-12-15(27)25-13(17(28)29)9(7-33-16(12)25)6-32-19(30)24-4-2-1-3-5-24/h8,12,16,31H,1-7H2,(H2,20,21)(H,22,26)(H,28,29)/b23-11-/t12?,16-/m1/s1. The minimum absolute atomic E-state index is 0.0476. The number of thiazole rings is 1. The van der Waals surface area contributed by atoms with Crippen LogP contribution in [0.3, 0.4) is 0 Å². The number of ether oxygens (including phenoxy) is 1. The number of anilines is 1. The molecule has 2 fully saturated rings. The van der Waals surface area contributed by atoms with E-state index < -0.39 is 41.0 Å². The molecule has 0 spiro atoms. The molecular weight excluding hydrogens is 488 g/mol. The number of hydrogen-bond acceptors (Lipinski definition) is 11. The van der Waals surface area contributed by atoms with E-state index in [2.05, 4.69) is 15.5 Å². The number of amides is 3. The van der Waals surface area contributed by atoms with Crippen molar-refractivity contribution in [1.29, 1.82) is 0 Å². The Morgan fingerprint density at radius 1 is 1.29 bits per heavy atom. The van der Waals surface area contributed by atoms with E-state index in [1.165, 1.54) is 17.1 Å². The molecule has 34 heavy (non-hydrogen) atoms. The van der Waals surface area contributed by atoms with E-state index >= 15 is 0 Å². The molecule has 3 aliphatic heterocycles. The summed E-state index contributed by atoms with van der Waals surface area (Å²) in [6.45, 7) is 0.947. The summed E-state index contributed by atoms with van der Waals surface area (Å²) in [4.78, 5) is 56.1. The van der Waals surface area contributed by atoms with E-state index in [9.17, 15) is 29.5 Å². The first-order valence-corrected chi connectivity index (χ1v) is 12.3. The Morgan fingerprint density at radius 3 is 2.65 bits per heavy atom. The number of nitrogens with two attached hydrogens (primary N) is 1. The third-order valence-electron chi connectivity index (χ3n) is 5.60. The Bertz CT molecular complexity index is 1080. The number of oxime groups is 1. The van der Waals surface area contributed by atoms with Crippen molar-refractivity contribution < 1.29 is 34.2 Å². The number of hydrogen-bond donors (Lipinski definition) is 4. The van der Waals surface area contributed by atoms with Gasteiger partial charge in [-0.25, -0.2) is 14.6 Å². The molecular formula is C19H22N6O7S2. The lowest BCUT2D eigenvalue weighted by Gasteiger charge is -2.49. The Balaban J connectivity index is 1.43. The predicted molar refractivity (Wildman–Crippen MR) is 121 cm³/mol. The molecule has 2 atom stereocenters. The van der Waals surface area contributed by atoms with Crippen LogP contribution < -0.4 is 11.1 Å². The van der Waals surface area contributed by atoms with E-state index in [1.807, 2.05) is 0 Å². The lowest BCUT2D eigenvalue weighted by Crippen LogP contribution is -2.71. The number of piperidine rings is 1. The number of β-lactam (4-membered cyclic amide) rings is 1. The quantitative estimate of drug-likeness (QED) is 0.179. The van der Waals surface area contributed by atoms with Crippen molar-refractivity contribution in [2.45, 2.75) is 30.7 Å². The van der Waals surface area contributed by atoms with Crippen LogP contribution in [0.15, 0.2) is 21.8 Å². The lowest BCUT2D eigenvalue weighted by atomic mass is 10.0. The number of carboxylic acid groups (broad SMARTS) is 1. The van der Waals surface area contributed by atoms with Crippen molar-refractivity contribution in [1.82, 2.24) is 20.1 Å². The molecule has 4 rings (SSSR count). The molecule has 5 N–H and O–H groups in total. The van der Waals surface area contributed by atoms with Crippen LogP contribution in [0.5, 0.6) is 0 Å². The van der Waals surface area contributed by atoms with Gasteiger partial charge < -0.3 is 31.0 Å². The van der Waals surface area contributed by atoms with Crippen molar-refractivity contribution in [3.63, 3.8) is 0 Å². The largest absolute Gasteiger partial charge is 0.477 e. The van der Waals surface area contributed by atoms with E-state index in [4.69, 9.17) is 10.5 Å². The van der Waals surface area contributed by atoms with Gasteiger partial charge in [-0.3, -0.25) is 14.5 Å². The SMILES string of the molecule is Nc1nc(/C(=N/O)C(=O)NC2C(=O)N3C(C(=O)O)=C(COC(=O)N4CCCCC4)CS[C@H]23)cs1. The highest BCUT2D eigenvalue weighted by Crippen LogP contribution is 2.40.